The molecule has 0 bridgehead atoms. The molecular formula is C80H53N9. The minimum Gasteiger partial charge on any atom is -0.311 e. The summed E-state index contributed by atoms with van der Waals surface area (Å²) in [7, 11) is 0. The fourth-order valence-electron chi connectivity index (χ4n) is 14.2. The zero-order chi connectivity index (χ0) is 58.7. The molecule has 11 aromatic carbocycles. The molecule has 0 atom stereocenters. The molecule has 0 spiro atoms. The van der Waals surface area contributed by atoms with Gasteiger partial charge in [0.2, 0.25) is 5.95 Å². The van der Waals surface area contributed by atoms with Crippen molar-refractivity contribution in [2.24, 2.45) is 0 Å². The predicted octanol–water partition coefficient (Wildman–Crippen LogP) is 19.7. The second-order valence-electron chi connectivity index (χ2n) is 23.1. The lowest BCUT2D eigenvalue weighted by molar-refractivity contribution is 0.950. The number of rotatable bonds is 9. The van der Waals surface area contributed by atoms with Gasteiger partial charge in [0, 0.05) is 87.5 Å². The number of benzene rings is 11. The van der Waals surface area contributed by atoms with E-state index in [2.05, 4.69) is 260 Å². The molecule has 418 valence electrons. The van der Waals surface area contributed by atoms with E-state index in [0.29, 0.717) is 23.3 Å². The Kier molecular flexibility index (Phi) is 11.4. The van der Waals surface area contributed by atoms with Crippen molar-refractivity contribution < 1.29 is 0 Å². The summed E-state index contributed by atoms with van der Waals surface area (Å²) in [5, 5.41) is 20.6. The van der Waals surface area contributed by atoms with Gasteiger partial charge in [-0.3, -0.25) is 14.7 Å². The van der Waals surface area contributed by atoms with Crippen molar-refractivity contribution in [3.63, 3.8) is 0 Å². The zero-order valence-electron chi connectivity index (χ0n) is 48.2. The van der Waals surface area contributed by atoms with Gasteiger partial charge < -0.3 is 14.5 Å². The van der Waals surface area contributed by atoms with Crippen molar-refractivity contribution in [3.8, 4) is 45.5 Å². The monoisotopic (exact) mass is 1140 g/mol. The maximum atomic E-state index is 9.16. The van der Waals surface area contributed by atoms with Crippen LogP contribution in [0.4, 0.5) is 0 Å². The van der Waals surface area contributed by atoms with Crippen LogP contribution in [0.25, 0.3) is 155 Å². The quantitative estimate of drug-likeness (QED) is 0.151. The van der Waals surface area contributed by atoms with Gasteiger partial charge in [-0.1, -0.05) is 231 Å². The number of aromatic nitrogens is 7. The number of nitrogens with one attached hydrogen (secondary N) is 2. The van der Waals surface area contributed by atoms with Crippen molar-refractivity contribution in [3.05, 3.63) is 296 Å². The minimum absolute atomic E-state index is 0.445. The molecule has 0 amide bonds. The summed E-state index contributed by atoms with van der Waals surface area (Å²) in [5.41, 5.74) is 21.9. The molecule has 2 aliphatic carbocycles. The molecule has 0 aliphatic heterocycles. The van der Waals surface area contributed by atoms with E-state index in [1.165, 1.54) is 22.0 Å². The Hall–Kier alpha value is -11.9. The van der Waals surface area contributed by atoms with Gasteiger partial charge in [0.15, 0.2) is 11.6 Å². The Morgan fingerprint density at radius 3 is 1.65 bits per heavy atom. The molecule has 0 fully saturated rings. The van der Waals surface area contributed by atoms with Crippen LogP contribution < -0.4 is 5.43 Å². The van der Waals surface area contributed by atoms with Crippen molar-refractivity contribution in [2.45, 2.75) is 12.8 Å². The highest BCUT2D eigenvalue weighted by Crippen LogP contribution is 2.48. The first kappa shape index (κ1) is 50.4. The maximum Gasteiger partial charge on any atom is 0.238 e. The number of hydrogen-bond donors (Lipinski definition) is 2. The number of hydrogen-bond acceptors (Lipinski definition) is 5. The van der Waals surface area contributed by atoms with E-state index in [9.17, 15) is 0 Å². The predicted molar refractivity (Wildman–Crippen MR) is 370 cm³/mol. The van der Waals surface area contributed by atoms with E-state index in [1.54, 1.807) is 0 Å². The highest BCUT2D eigenvalue weighted by molar-refractivity contribution is 6.37. The van der Waals surface area contributed by atoms with Gasteiger partial charge in [-0.25, -0.2) is 4.98 Å². The van der Waals surface area contributed by atoms with E-state index in [4.69, 9.17) is 20.4 Å². The normalized spacial score (nSPS) is 14.1. The van der Waals surface area contributed by atoms with Crippen LogP contribution in [0.5, 0.6) is 0 Å². The minimum atomic E-state index is 0.445. The molecule has 5 aromatic heterocycles. The first-order valence-corrected chi connectivity index (χ1v) is 30.3. The lowest BCUT2D eigenvalue weighted by atomic mass is 9.98. The molecule has 18 rings (SSSR count). The Bertz CT molecular complexity index is 5830. The second kappa shape index (κ2) is 20.1. The number of fused-ring (bicyclic) bond motifs is 17. The fourth-order valence-corrected chi connectivity index (χ4v) is 14.2. The molecule has 5 heterocycles. The largest absolute Gasteiger partial charge is 0.311 e. The first-order valence-electron chi connectivity index (χ1n) is 30.3. The van der Waals surface area contributed by atoms with Crippen LogP contribution in [0.2, 0.25) is 0 Å². The Labute approximate surface area is 511 Å². The topological polar surface area (TPSA) is 94.3 Å². The van der Waals surface area contributed by atoms with Gasteiger partial charge in [0.05, 0.1) is 55.5 Å². The standard InChI is InChI=1S/C80H53N9/c81-66-40-19-15-38-63(66)73(50-24-5-1-6-25-50)85-89-69-43-22-18-39-64(69)72-71-65-45-44-53(49-70(65)87(56-32-11-4-12-33-56)74(71)59-36-13-14-37-60(59)75(72)89)52-28-23-29-54(48-52)79-82-78(51-26-7-2-8-27-51)83-80(84-79)88-68-42-21-17-35-58(68)62-47-46-61-57-34-16-20-41-67(57)86(76(61)77(62)88)55-30-9-3-10-31-55/h1-9,11-30,32-49,81,85H,10,31H2/b73-63-,81-66?. The van der Waals surface area contributed by atoms with Crippen LogP contribution >= 0.6 is 0 Å². The average Bonchev–Trinajstić information content (AvgIpc) is 1.58. The maximum absolute atomic E-state index is 9.16. The Morgan fingerprint density at radius 2 is 0.933 bits per heavy atom. The molecule has 89 heavy (non-hydrogen) atoms. The zero-order valence-corrected chi connectivity index (χ0v) is 48.2. The third-order valence-corrected chi connectivity index (χ3v) is 18.1. The van der Waals surface area contributed by atoms with Gasteiger partial charge in [-0.2, -0.15) is 9.97 Å². The summed E-state index contributed by atoms with van der Waals surface area (Å²) in [4.78, 5) is 16.4. The van der Waals surface area contributed by atoms with Crippen molar-refractivity contribution in [1.29, 1.82) is 5.41 Å². The van der Waals surface area contributed by atoms with Crippen molar-refractivity contribution >= 4 is 115 Å². The molecule has 2 aliphatic rings. The van der Waals surface area contributed by atoms with Crippen LogP contribution in [-0.4, -0.2) is 39.0 Å². The van der Waals surface area contributed by atoms with E-state index in [0.717, 1.165) is 139 Å². The Balaban J connectivity index is 0.860. The molecular weight excluding hydrogens is 1090 g/mol. The molecule has 9 heteroatoms. The van der Waals surface area contributed by atoms with E-state index in [-0.39, 0.29) is 0 Å². The van der Waals surface area contributed by atoms with Gasteiger partial charge >= 0.3 is 0 Å². The van der Waals surface area contributed by atoms with E-state index < -0.39 is 0 Å². The lowest BCUT2D eigenvalue weighted by Crippen LogP contribution is -2.17. The molecule has 0 saturated carbocycles. The lowest BCUT2D eigenvalue weighted by Gasteiger charge is -2.20. The van der Waals surface area contributed by atoms with E-state index in [1.807, 2.05) is 48.6 Å². The Morgan fingerprint density at radius 1 is 0.393 bits per heavy atom. The number of allylic oxidation sites excluding steroid dienone is 9. The molecule has 2 N–H and O–H groups in total. The summed E-state index contributed by atoms with van der Waals surface area (Å²) >= 11 is 0. The molecule has 16 aromatic rings. The van der Waals surface area contributed by atoms with Gasteiger partial charge in [-0.05, 0) is 78.6 Å². The SMILES string of the molecule is N=C1C=CC=C/C1=C(/Nn1c2ccccc2c2c3c4ccc(-c5cccc(-c6nc(-c7ccccc7)nc(-n7c8ccccc8c8ccc9c%10ccccc%10n(C%10=CC=CCC%10)c9c87)n6)c5)cc4n(-c4ccccc4)c3c3ccccc3c21)c1ccccc1. The highest BCUT2D eigenvalue weighted by atomic mass is 15.4. The molecule has 0 radical (unpaired) electrons. The average molecular weight is 1140 g/mol. The highest BCUT2D eigenvalue weighted by Gasteiger charge is 2.28. The third-order valence-electron chi connectivity index (χ3n) is 18.1. The van der Waals surface area contributed by atoms with Crippen LogP contribution in [-0.2, 0) is 0 Å². The van der Waals surface area contributed by atoms with Crippen LogP contribution in [0.1, 0.15) is 18.4 Å². The summed E-state index contributed by atoms with van der Waals surface area (Å²) in [6.45, 7) is 0. The summed E-state index contributed by atoms with van der Waals surface area (Å²) < 4.78 is 9.49. The van der Waals surface area contributed by atoms with E-state index >= 15 is 0 Å². The van der Waals surface area contributed by atoms with Crippen molar-refractivity contribution in [1.82, 2.24) is 33.3 Å². The molecule has 0 unspecified atom stereocenters. The second-order valence-corrected chi connectivity index (χ2v) is 23.1. The molecule has 0 saturated heterocycles. The van der Waals surface area contributed by atoms with Crippen molar-refractivity contribution in [2.75, 3.05) is 5.43 Å². The van der Waals surface area contributed by atoms with Gasteiger partial charge in [-0.15, -0.1) is 0 Å². The summed E-state index contributed by atoms with van der Waals surface area (Å²) in [6.07, 6.45) is 16.4. The van der Waals surface area contributed by atoms with Gasteiger partial charge in [0.1, 0.15) is 0 Å². The number of para-hydroxylation sites is 4. The summed E-state index contributed by atoms with van der Waals surface area (Å²) in [5.74, 6) is 1.72. The first-order chi connectivity index (χ1) is 44.1. The summed E-state index contributed by atoms with van der Waals surface area (Å²) in [6, 6.07) is 86.6. The van der Waals surface area contributed by atoms with Crippen LogP contribution in [0, 0.1) is 5.41 Å². The molecule has 9 nitrogen and oxygen atoms in total. The number of nitrogens with zero attached hydrogens (tertiary/aromatic N) is 7. The third kappa shape index (κ3) is 7.81. The van der Waals surface area contributed by atoms with Crippen LogP contribution in [0.15, 0.2) is 291 Å². The smallest absolute Gasteiger partial charge is 0.238 e. The fraction of sp³-hybridized carbons (Fsp3) is 0.0250. The van der Waals surface area contributed by atoms with Crippen LogP contribution in [0.3, 0.4) is 0 Å². The van der Waals surface area contributed by atoms with Gasteiger partial charge in [0.25, 0.3) is 0 Å².